The quantitative estimate of drug-likeness (QED) is 0.687. The molecule has 1 aliphatic rings. The van der Waals surface area contributed by atoms with Gasteiger partial charge < -0.3 is 9.80 Å². The molecule has 4 rings (SSSR count). The fraction of sp³-hybridized carbons (Fsp3) is 0.273. The Morgan fingerprint density at radius 3 is 2.68 bits per heavy atom. The predicted molar refractivity (Wildman–Crippen MR) is 109 cm³/mol. The predicted octanol–water partition coefficient (Wildman–Crippen LogP) is 3.27. The third-order valence-corrected chi connectivity index (χ3v) is 5.09. The van der Waals surface area contributed by atoms with Crippen LogP contribution in [0.25, 0.3) is 0 Å². The molecule has 3 aromatic rings. The van der Waals surface area contributed by atoms with Gasteiger partial charge in [-0.25, -0.2) is 0 Å². The highest BCUT2D eigenvalue weighted by Crippen LogP contribution is 2.31. The van der Waals surface area contributed by atoms with Crippen molar-refractivity contribution in [2.24, 2.45) is 0 Å². The molecule has 0 saturated carbocycles. The number of hydrogen-bond donors (Lipinski definition) is 0. The van der Waals surface area contributed by atoms with Crippen molar-refractivity contribution in [3.05, 3.63) is 77.7 Å². The number of nitrogens with zero attached hydrogens (tertiary/aromatic N) is 5. The van der Waals surface area contributed by atoms with Crippen molar-refractivity contribution in [1.82, 2.24) is 20.1 Å². The standard InChI is InChI=1S/C22H23N5O/c1-26(16-12-17-10-13-23-14-11-17)22(28)19-8-9-21(25-24-19)27-15-4-6-18-5-2-3-7-20(18)27/h2-3,5,7-11,13-14H,4,6,12,15-16H2,1H3. The molecule has 0 atom stereocenters. The topological polar surface area (TPSA) is 62.2 Å². The molecule has 0 saturated heterocycles. The number of pyridine rings is 1. The van der Waals surface area contributed by atoms with E-state index in [0.29, 0.717) is 12.2 Å². The molecule has 2 aromatic heterocycles. The highest BCUT2D eigenvalue weighted by atomic mass is 16.2. The SMILES string of the molecule is CN(CCc1ccncc1)C(=O)c1ccc(N2CCCc3ccccc32)nn1. The number of carbonyl (C=O) groups excluding carboxylic acids is 1. The van der Waals surface area contributed by atoms with E-state index in [0.717, 1.165) is 37.2 Å². The van der Waals surface area contributed by atoms with Crippen LogP contribution in [0.5, 0.6) is 0 Å². The fourth-order valence-corrected chi connectivity index (χ4v) is 3.50. The average Bonchev–Trinajstić information content (AvgIpc) is 2.77. The lowest BCUT2D eigenvalue weighted by atomic mass is 10.0. The third-order valence-electron chi connectivity index (χ3n) is 5.09. The molecule has 0 radical (unpaired) electrons. The molecule has 0 N–H and O–H groups in total. The highest BCUT2D eigenvalue weighted by Gasteiger charge is 2.20. The van der Waals surface area contributed by atoms with Gasteiger partial charge in [0.15, 0.2) is 11.5 Å². The summed E-state index contributed by atoms with van der Waals surface area (Å²) in [6, 6.07) is 16.0. The van der Waals surface area contributed by atoms with Crippen molar-refractivity contribution in [3.8, 4) is 0 Å². The Labute approximate surface area is 164 Å². The van der Waals surface area contributed by atoms with Crippen LogP contribution in [0, 0.1) is 0 Å². The first kappa shape index (κ1) is 18.1. The summed E-state index contributed by atoms with van der Waals surface area (Å²) < 4.78 is 0. The van der Waals surface area contributed by atoms with Gasteiger partial charge in [0.05, 0.1) is 0 Å². The summed E-state index contributed by atoms with van der Waals surface area (Å²) in [5.74, 6) is 0.662. The van der Waals surface area contributed by atoms with Gasteiger partial charge in [0.2, 0.25) is 0 Å². The number of hydrogen-bond acceptors (Lipinski definition) is 5. The number of fused-ring (bicyclic) bond motifs is 1. The van der Waals surface area contributed by atoms with Crippen molar-refractivity contribution >= 4 is 17.4 Å². The third kappa shape index (κ3) is 3.86. The lowest BCUT2D eigenvalue weighted by Crippen LogP contribution is -2.30. The van der Waals surface area contributed by atoms with Crippen LogP contribution in [0.2, 0.25) is 0 Å². The van der Waals surface area contributed by atoms with Crippen LogP contribution in [0.3, 0.4) is 0 Å². The van der Waals surface area contributed by atoms with Gasteiger partial charge in [0, 0.05) is 38.2 Å². The van der Waals surface area contributed by atoms with E-state index >= 15 is 0 Å². The lowest BCUT2D eigenvalue weighted by molar-refractivity contribution is 0.0789. The maximum absolute atomic E-state index is 12.6. The molecule has 0 spiro atoms. The number of para-hydroxylation sites is 1. The van der Waals surface area contributed by atoms with E-state index in [9.17, 15) is 4.79 Å². The van der Waals surface area contributed by atoms with E-state index in [2.05, 4.69) is 38.3 Å². The number of likely N-dealkylation sites (N-methyl/N-ethyl adjacent to an activating group) is 1. The molecule has 6 heteroatoms. The normalized spacial score (nSPS) is 13.1. The van der Waals surface area contributed by atoms with Gasteiger partial charge in [-0.05, 0) is 60.7 Å². The summed E-state index contributed by atoms with van der Waals surface area (Å²) in [7, 11) is 1.79. The molecular formula is C22H23N5O. The molecule has 28 heavy (non-hydrogen) atoms. The lowest BCUT2D eigenvalue weighted by Gasteiger charge is -2.30. The number of aromatic nitrogens is 3. The zero-order chi connectivity index (χ0) is 19.3. The molecule has 142 valence electrons. The van der Waals surface area contributed by atoms with Crippen molar-refractivity contribution in [1.29, 1.82) is 0 Å². The molecule has 0 unspecified atom stereocenters. The van der Waals surface area contributed by atoms with Gasteiger partial charge in [-0.1, -0.05) is 18.2 Å². The number of amides is 1. The summed E-state index contributed by atoms with van der Waals surface area (Å²) in [6.45, 7) is 1.52. The van der Waals surface area contributed by atoms with Crippen molar-refractivity contribution in [3.63, 3.8) is 0 Å². The second-order valence-corrected chi connectivity index (χ2v) is 6.99. The minimum Gasteiger partial charge on any atom is -0.340 e. The summed E-state index contributed by atoms with van der Waals surface area (Å²) in [4.78, 5) is 20.5. The van der Waals surface area contributed by atoms with E-state index in [1.807, 2.05) is 24.3 Å². The van der Waals surface area contributed by atoms with Crippen LogP contribution in [0.4, 0.5) is 11.5 Å². The van der Waals surface area contributed by atoms with Gasteiger partial charge in [-0.15, -0.1) is 10.2 Å². The van der Waals surface area contributed by atoms with Crippen molar-refractivity contribution in [2.45, 2.75) is 19.3 Å². The first-order valence-corrected chi connectivity index (χ1v) is 9.56. The van der Waals surface area contributed by atoms with Crippen LogP contribution in [-0.2, 0) is 12.8 Å². The van der Waals surface area contributed by atoms with Gasteiger partial charge >= 0.3 is 0 Å². The van der Waals surface area contributed by atoms with E-state index < -0.39 is 0 Å². The summed E-state index contributed by atoms with van der Waals surface area (Å²) in [6.07, 6.45) is 6.47. The number of benzene rings is 1. The second-order valence-electron chi connectivity index (χ2n) is 6.99. The van der Waals surface area contributed by atoms with Crippen molar-refractivity contribution < 1.29 is 4.79 Å². The Hall–Kier alpha value is -3.28. The minimum absolute atomic E-state index is 0.118. The number of carbonyl (C=O) groups is 1. The molecule has 0 aliphatic carbocycles. The smallest absolute Gasteiger partial charge is 0.274 e. The molecule has 0 bridgehead atoms. The van der Waals surface area contributed by atoms with Crippen LogP contribution in [0.15, 0.2) is 60.9 Å². The molecular weight excluding hydrogens is 350 g/mol. The minimum atomic E-state index is -0.118. The Balaban J connectivity index is 1.44. The van der Waals surface area contributed by atoms with Crippen LogP contribution >= 0.6 is 0 Å². The number of anilines is 2. The largest absolute Gasteiger partial charge is 0.340 e. The van der Waals surface area contributed by atoms with Crippen LogP contribution < -0.4 is 4.90 Å². The zero-order valence-corrected chi connectivity index (χ0v) is 16.0. The number of aryl methyl sites for hydroxylation is 1. The summed E-state index contributed by atoms with van der Waals surface area (Å²) in [5.41, 5.74) is 4.02. The first-order chi connectivity index (χ1) is 13.7. The maximum Gasteiger partial charge on any atom is 0.274 e. The van der Waals surface area contributed by atoms with Crippen molar-refractivity contribution in [2.75, 3.05) is 25.0 Å². The molecule has 0 fully saturated rings. The fourth-order valence-electron chi connectivity index (χ4n) is 3.50. The van der Waals surface area contributed by atoms with Gasteiger partial charge in [-0.2, -0.15) is 0 Å². The zero-order valence-electron chi connectivity index (χ0n) is 16.0. The Morgan fingerprint density at radius 2 is 1.89 bits per heavy atom. The molecule has 1 amide bonds. The Kier molecular flexibility index (Phi) is 5.28. The average molecular weight is 373 g/mol. The van der Waals surface area contributed by atoms with Gasteiger partial charge in [-0.3, -0.25) is 9.78 Å². The van der Waals surface area contributed by atoms with Gasteiger partial charge in [0.1, 0.15) is 0 Å². The van der Waals surface area contributed by atoms with E-state index in [1.165, 1.54) is 11.3 Å². The molecule has 1 aliphatic heterocycles. The highest BCUT2D eigenvalue weighted by molar-refractivity contribution is 5.92. The van der Waals surface area contributed by atoms with E-state index in [1.54, 1.807) is 30.4 Å². The monoisotopic (exact) mass is 373 g/mol. The first-order valence-electron chi connectivity index (χ1n) is 9.56. The molecule has 1 aromatic carbocycles. The van der Waals surface area contributed by atoms with E-state index in [4.69, 9.17) is 0 Å². The summed E-state index contributed by atoms with van der Waals surface area (Å²) >= 11 is 0. The maximum atomic E-state index is 12.6. The second kappa shape index (κ2) is 8.17. The van der Waals surface area contributed by atoms with E-state index in [-0.39, 0.29) is 5.91 Å². The van der Waals surface area contributed by atoms with Gasteiger partial charge in [0.25, 0.3) is 5.91 Å². The molecule has 6 nitrogen and oxygen atoms in total. The summed E-state index contributed by atoms with van der Waals surface area (Å²) in [5, 5.41) is 8.55. The Bertz CT molecular complexity index is 943. The van der Waals surface area contributed by atoms with Crippen LogP contribution in [-0.4, -0.2) is 46.1 Å². The Morgan fingerprint density at radius 1 is 1.07 bits per heavy atom. The van der Waals surface area contributed by atoms with Crippen LogP contribution in [0.1, 0.15) is 28.0 Å². The molecule has 3 heterocycles. The number of rotatable bonds is 5.